The van der Waals surface area contributed by atoms with Gasteiger partial charge in [-0.1, -0.05) is 54.6 Å². The second-order valence-electron chi connectivity index (χ2n) is 4.11. The Balaban J connectivity index is 1.55. The van der Waals surface area contributed by atoms with Crippen LogP contribution >= 0.6 is 0 Å². The SMILES string of the molecule is C1=CC(CCCOCc2ccccc2)C=C1. The van der Waals surface area contributed by atoms with E-state index in [2.05, 4.69) is 36.4 Å². The van der Waals surface area contributed by atoms with Crippen LogP contribution in [-0.4, -0.2) is 6.61 Å². The topological polar surface area (TPSA) is 9.23 Å². The number of benzene rings is 1. The van der Waals surface area contributed by atoms with E-state index in [4.69, 9.17) is 4.74 Å². The van der Waals surface area contributed by atoms with E-state index in [1.165, 1.54) is 12.0 Å². The first-order valence-electron chi connectivity index (χ1n) is 5.92. The molecule has 0 bridgehead atoms. The highest BCUT2D eigenvalue weighted by Crippen LogP contribution is 2.15. The van der Waals surface area contributed by atoms with Gasteiger partial charge in [0, 0.05) is 6.61 Å². The summed E-state index contributed by atoms with van der Waals surface area (Å²) in [5.41, 5.74) is 1.25. The Labute approximate surface area is 97.4 Å². The van der Waals surface area contributed by atoms with Gasteiger partial charge < -0.3 is 4.74 Å². The standard InChI is InChI=1S/C15H18O/c1-2-9-15(10-3-1)13-16-12-6-11-14-7-4-5-8-14/h1-5,7-10,14H,6,11-13H2. The van der Waals surface area contributed by atoms with Gasteiger partial charge >= 0.3 is 0 Å². The first-order chi connectivity index (χ1) is 7.95. The monoisotopic (exact) mass is 214 g/mol. The van der Waals surface area contributed by atoms with Crippen LogP contribution in [0.25, 0.3) is 0 Å². The third-order valence-corrected chi connectivity index (χ3v) is 2.77. The van der Waals surface area contributed by atoms with Gasteiger partial charge in [0.1, 0.15) is 0 Å². The van der Waals surface area contributed by atoms with Crippen LogP contribution in [-0.2, 0) is 11.3 Å². The predicted molar refractivity (Wildman–Crippen MR) is 67.1 cm³/mol. The fourth-order valence-corrected chi connectivity index (χ4v) is 1.86. The van der Waals surface area contributed by atoms with Crippen LogP contribution in [0.3, 0.4) is 0 Å². The molecule has 1 nitrogen and oxygen atoms in total. The van der Waals surface area contributed by atoms with Crippen LogP contribution in [0.5, 0.6) is 0 Å². The maximum Gasteiger partial charge on any atom is 0.0716 e. The summed E-state index contributed by atoms with van der Waals surface area (Å²) in [6.45, 7) is 1.59. The summed E-state index contributed by atoms with van der Waals surface area (Å²) < 4.78 is 5.63. The van der Waals surface area contributed by atoms with E-state index in [9.17, 15) is 0 Å². The minimum atomic E-state index is 0.639. The second kappa shape index (κ2) is 6.29. The summed E-state index contributed by atoms with van der Waals surface area (Å²) in [6.07, 6.45) is 11.1. The quantitative estimate of drug-likeness (QED) is 0.656. The molecule has 0 saturated heterocycles. The van der Waals surface area contributed by atoms with Crippen molar-refractivity contribution in [1.29, 1.82) is 0 Å². The van der Waals surface area contributed by atoms with Crippen molar-refractivity contribution < 1.29 is 4.74 Å². The molecule has 1 aliphatic rings. The molecule has 0 heterocycles. The third kappa shape index (κ3) is 3.67. The molecule has 16 heavy (non-hydrogen) atoms. The van der Waals surface area contributed by atoms with Gasteiger partial charge in [0.25, 0.3) is 0 Å². The van der Waals surface area contributed by atoms with Crippen molar-refractivity contribution in [1.82, 2.24) is 0 Å². The molecule has 1 aromatic rings. The first-order valence-corrected chi connectivity index (χ1v) is 5.92. The molecule has 0 saturated carbocycles. The average molecular weight is 214 g/mol. The molecule has 0 atom stereocenters. The van der Waals surface area contributed by atoms with E-state index >= 15 is 0 Å². The summed E-state index contributed by atoms with van der Waals surface area (Å²) in [4.78, 5) is 0. The normalized spacial score (nSPS) is 14.8. The molecule has 0 aliphatic heterocycles. The Morgan fingerprint density at radius 3 is 2.50 bits per heavy atom. The highest BCUT2D eigenvalue weighted by Gasteiger charge is 2.02. The number of ether oxygens (including phenoxy) is 1. The van der Waals surface area contributed by atoms with Crippen LogP contribution in [0.15, 0.2) is 54.6 Å². The van der Waals surface area contributed by atoms with Gasteiger partial charge in [-0.05, 0) is 24.3 Å². The van der Waals surface area contributed by atoms with E-state index in [-0.39, 0.29) is 0 Å². The molecule has 2 rings (SSSR count). The van der Waals surface area contributed by atoms with Crippen LogP contribution < -0.4 is 0 Å². The summed E-state index contributed by atoms with van der Waals surface area (Å²) in [5.74, 6) is 0.639. The van der Waals surface area contributed by atoms with Gasteiger partial charge in [-0.25, -0.2) is 0 Å². The Morgan fingerprint density at radius 2 is 1.75 bits per heavy atom. The number of rotatable bonds is 6. The Bertz CT molecular complexity index is 339. The van der Waals surface area contributed by atoms with Crippen molar-refractivity contribution in [2.75, 3.05) is 6.61 Å². The predicted octanol–water partition coefficient (Wildman–Crippen LogP) is 3.73. The van der Waals surface area contributed by atoms with Gasteiger partial charge in [-0.2, -0.15) is 0 Å². The molecular weight excluding hydrogens is 196 g/mol. The van der Waals surface area contributed by atoms with E-state index < -0.39 is 0 Å². The summed E-state index contributed by atoms with van der Waals surface area (Å²) in [7, 11) is 0. The lowest BCUT2D eigenvalue weighted by atomic mass is 10.1. The van der Waals surface area contributed by atoms with E-state index in [0.717, 1.165) is 19.6 Å². The fourth-order valence-electron chi connectivity index (χ4n) is 1.86. The average Bonchev–Trinajstić information content (AvgIpc) is 2.83. The van der Waals surface area contributed by atoms with Gasteiger partial charge in [0.15, 0.2) is 0 Å². The lowest BCUT2D eigenvalue weighted by molar-refractivity contribution is 0.116. The lowest BCUT2D eigenvalue weighted by Crippen LogP contribution is -1.98. The van der Waals surface area contributed by atoms with Crippen molar-refractivity contribution in [3.05, 3.63) is 60.2 Å². The largest absolute Gasteiger partial charge is 0.377 e. The van der Waals surface area contributed by atoms with Crippen molar-refractivity contribution in [2.45, 2.75) is 19.4 Å². The third-order valence-electron chi connectivity index (χ3n) is 2.77. The van der Waals surface area contributed by atoms with Gasteiger partial charge in [-0.3, -0.25) is 0 Å². The highest BCUT2D eigenvalue weighted by atomic mass is 16.5. The number of hydrogen-bond acceptors (Lipinski definition) is 1. The molecule has 84 valence electrons. The van der Waals surface area contributed by atoms with Crippen LogP contribution in [0.2, 0.25) is 0 Å². The zero-order valence-electron chi connectivity index (χ0n) is 9.51. The number of allylic oxidation sites excluding steroid dienone is 4. The summed E-state index contributed by atoms with van der Waals surface area (Å²) >= 11 is 0. The molecular formula is C15H18O. The summed E-state index contributed by atoms with van der Waals surface area (Å²) in [6, 6.07) is 10.3. The minimum Gasteiger partial charge on any atom is -0.377 e. The van der Waals surface area contributed by atoms with Crippen LogP contribution in [0.4, 0.5) is 0 Å². The number of hydrogen-bond donors (Lipinski definition) is 0. The Kier molecular flexibility index (Phi) is 4.38. The highest BCUT2D eigenvalue weighted by molar-refractivity contribution is 5.17. The van der Waals surface area contributed by atoms with Gasteiger partial charge in [0.2, 0.25) is 0 Å². The molecule has 1 aromatic carbocycles. The van der Waals surface area contributed by atoms with Gasteiger partial charge in [0.05, 0.1) is 6.61 Å². The van der Waals surface area contributed by atoms with Crippen LogP contribution in [0, 0.1) is 5.92 Å². The molecule has 0 radical (unpaired) electrons. The molecule has 0 N–H and O–H groups in total. The molecule has 0 fully saturated rings. The zero-order chi connectivity index (χ0) is 11.1. The van der Waals surface area contributed by atoms with E-state index in [0.29, 0.717) is 5.92 Å². The maximum atomic E-state index is 5.63. The van der Waals surface area contributed by atoms with Gasteiger partial charge in [-0.15, -0.1) is 0 Å². The van der Waals surface area contributed by atoms with Crippen LogP contribution in [0.1, 0.15) is 18.4 Å². The Hall–Kier alpha value is -1.34. The van der Waals surface area contributed by atoms with E-state index in [1.807, 2.05) is 18.2 Å². The van der Waals surface area contributed by atoms with Crippen molar-refractivity contribution >= 4 is 0 Å². The molecule has 0 unspecified atom stereocenters. The van der Waals surface area contributed by atoms with Crippen molar-refractivity contribution in [3.63, 3.8) is 0 Å². The molecule has 1 heteroatoms. The molecule has 0 aromatic heterocycles. The Morgan fingerprint density at radius 1 is 1.00 bits per heavy atom. The van der Waals surface area contributed by atoms with Crippen molar-refractivity contribution in [3.8, 4) is 0 Å². The smallest absolute Gasteiger partial charge is 0.0716 e. The minimum absolute atomic E-state index is 0.639. The van der Waals surface area contributed by atoms with Crippen molar-refractivity contribution in [2.24, 2.45) is 5.92 Å². The second-order valence-corrected chi connectivity index (χ2v) is 4.11. The zero-order valence-corrected chi connectivity index (χ0v) is 9.51. The molecule has 0 spiro atoms. The lowest BCUT2D eigenvalue weighted by Gasteiger charge is -2.06. The molecule has 1 aliphatic carbocycles. The fraction of sp³-hybridized carbons (Fsp3) is 0.333. The first kappa shape index (κ1) is 11.2. The maximum absolute atomic E-state index is 5.63. The summed E-state index contributed by atoms with van der Waals surface area (Å²) in [5, 5.41) is 0. The molecule has 0 amide bonds. The van der Waals surface area contributed by atoms with E-state index in [1.54, 1.807) is 0 Å².